The van der Waals surface area contributed by atoms with Crippen LogP contribution in [0, 0.1) is 0 Å². The van der Waals surface area contributed by atoms with Crippen molar-refractivity contribution in [3.63, 3.8) is 0 Å². The number of nitrogens with one attached hydrogen (secondary N) is 2. The van der Waals surface area contributed by atoms with Gasteiger partial charge < -0.3 is 19.3 Å². The number of aromatic nitrogens is 1. The molecule has 36 heavy (non-hydrogen) atoms. The molecule has 0 spiro atoms. The Balaban J connectivity index is 1.41. The summed E-state index contributed by atoms with van der Waals surface area (Å²) >= 11 is 0. The highest BCUT2D eigenvalue weighted by Crippen LogP contribution is 2.40. The molecule has 1 fully saturated rings. The maximum atomic E-state index is 13.8. The molecule has 1 aromatic heterocycles. The number of ether oxygens (including phenoxy) is 2. The van der Waals surface area contributed by atoms with Crippen molar-refractivity contribution in [1.82, 2.24) is 0 Å². The van der Waals surface area contributed by atoms with Gasteiger partial charge in [-0.15, -0.1) is 0 Å². The first-order chi connectivity index (χ1) is 17.6. The molecule has 0 saturated carbocycles. The largest absolute Gasteiger partial charge is 0.486 e. The van der Waals surface area contributed by atoms with Gasteiger partial charge in [0.15, 0.2) is 22.6 Å². The minimum absolute atomic E-state index is 0.282. The highest BCUT2D eigenvalue weighted by molar-refractivity contribution is 7.91. The van der Waals surface area contributed by atoms with Crippen LogP contribution in [0.5, 0.6) is 11.5 Å². The fourth-order valence-corrected chi connectivity index (χ4v) is 6.59. The van der Waals surface area contributed by atoms with Crippen molar-refractivity contribution < 1.29 is 27.8 Å². The number of rotatable bonds is 5. The number of piperazine rings is 1. The highest BCUT2D eigenvalue weighted by Gasteiger charge is 2.33. The highest BCUT2D eigenvalue weighted by atomic mass is 32.2. The first kappa shape index (κ1) is 22.8. The number of sulfone groups is 1. The summed E-state index contributed by atoms with van der Waals surface area (Å²) in [6.07, 6.45) is 1.62. The lowest BCUT2D eigenvalue weighted by atomic mass is 10.1. The van der Waals surface area contributed by atoms with Gasteiger partial charge in [-0.25, -0.2) is 13.4 Å². The van der Waals surface area contributed by atoms with Gasteiger partial charge in [-0.05, 0) is 12.1 Å². The van der Waals surface area contributed by atoms with Crippen LogP contribution in [0.4, 0.5) is 5.69 Å². The molecule has 0 atom stereocenters. The van der Waals surface area contributed by atoms with E-state index in [0.29, 0.717) is 24.7 Å². The first-order valence-electron chi connectivity index (χ1n) is 12.3. The second-order valence-corrected chi connectivity index (χ2v) is 11.2. The summed E-state index contributed by atoms with van der Waals surface area (Å²) in [5.41, 5.74) is 2.86. The smallest absolute Gasteiger partial charge is 0.217 e. The van der Waals surface area contributed by atoms with Gasteiger partial charge in [0.05, 0.1) is 48.2 Å². The predicted octanol–water partition coefficient (Wildman–Crippen LogP) is 2.16. The molecule has 2 aliphatic heterocycles. The summed E-state index contributed by atoms with van der Waals surface area (Å²) in [5, 5.41) is 0.822. The summed E-state index contributed by atoms with van der Waals surface area (Å²) in [5.74, 6) is 1.32. The Morgan fingerprint density at radius 2 is 1.50 bits per heavy atom. The molecule has 0 bridgehead atoms. The Hall–Kier alpha value is -3.62. The molecule has 0 unspecified atom stereocenters. The zero-order valence-corrected chi connectivity index (χ0v) is 20.8. The molecule has 184 valence electrons. The molecule has 0 amide bonds. The lowest BCUT2D eigenvalue weighted by Crippen LogP contribution is -3.13. The molecule has 3 aromatic carbocycles. The second-order valence-electron chi connectivity index (χ2n) is 9.26. The van der Waals surface area contributed by atoms with Crippen LogP contribution in [-0.2, 0) is 16.4 Å². The van der Waals surface area contributed by atoms with Crippen LogP contribution < -0.4 is 24.3 Å². The summed E-state index contributed by atoms with van der Waals surface area (Å²) in [6, 6.07) is 23.0. The lowest BCUT2D eigenvalue weighted by Gasteiger charge is -2.34. The monoisotopic (exact) mass is 503 g/mol. The molecule has 2 N–H and O–H groups in total. The first-order valence-corrected chi connectivity index (χ1v) is 13.8. The Labute approximate surface area is 210 Å². The number of anilines is 1. The number of fused-ring (bicyclic) bond motifs is 2. The zero-order valence-electron chi connectivity index (χ0n) is 19.9. The van der Waals surface area contributed by atoms with E-state index in [9.17, 15) is 8.42 Å². The van der Waals surface area contributed by atoms with Crippen molar-refractivity contribution in [1.29, 1.82) is 0 Å². The number of quaternary nitrogens is 1. The molecule has 3 heterocycles. The van der Waals surface area contributed by atoms with Gasteiger partial charge >= 0.3 is 0 Å². The van der Waals surface area contributed by atoms with E-state index in [1.165, 1.54) is 10.5 Å². The summed E-state index contributed by atoms with van der Waals surface area (Å²) in [6.45, 7) is 5.29. The van der Waals surface area contributed by atoms with Crippen molar-refractivity contribution in [2.24, 2.45) is 0 Å². The number of hydrogen-bond acceptors (Lipinski definition) is 5. The second kappa shape index (κ2) is 9.44. The molecule has 6 rings (SSSR count). The number of H-pyrrole nitrogens is 1. The fraction of sp³-hybridized carbons (Fsp3) is 0.250. The maximum absolute atomic E-state index is 13.8. The summed E-state index contributed by atoms with van der Waals surface area (Å²) in [4.78, 5) is 7.49. The van der Waals surface area contributed by atoms with Crippen molar-refractivity contribution in [3.8, 4) is 11.5 Å². The number of benzene rings is 3. The van der Waals surface area contributed by atoms with Crippen LogP contribution >= 0.6 is 0 Å². The van der Waals surface area contributed by atoms with Crippen molar-refractivity contribution in [2.45, 2.75) is 16.3 Å². The van der Waals surface area contributed by atoms with Crippen LogP contribution in [0.2, 0.25) is 0 Å². The molecular formula is C28H29N3O4S+2. The van der Waals surface area contributed by atoms with E-state index in [0.717, 1.165) is 49.3 Å². The van der Waals surface area contributed by atoms with Gasteiger partial charge in [-0.3, -0.25) is 0 Å². The van der Waals surface area contributed by atoms with Crippen molar-refractivity contribution >= 4 is 26.4 Å². The van der Waals surface area contributed by atoms with E-state index < -0.39 is 9.84 Å². The van der Waals surface area contributed by atoms with Crippen LogP contribution in [0.25, 0.3) is 10.9 Å². The molecular weight excluding hydrogens is 474 g/mol. The third-order valence-electron chi connectivity index (χ3n) is 6.96. The standard InChI is InChI=1S/C28H27N3O4S/c32-36(33,22-9-5-2-6-10-22)27-19-29-24-18-26-25(34-15-16-35-26)17-23(24)28(27)31-13-11-30(12-14-31)20-21-7-3-1-4-8-21/h1-10,17-19H,11-16,20H2/p+2. The number of hydrogen-bond donors (Lipinski definition) is 1. The molecule has 1 saturated heterocycles. The molecule has 8 heteroatoms. The average molecular weight is 504 g/mol. The van der Waals surface area contributed by atoms with E-state index in [1.54, 1.807) is 30.5 Å². The minimum Gasteiger partial charge on any atom is -0.486 e. The molecule has 0 aliphatic carbocycles. The van der Waals surface area contributed by atoms with E-state index in [2.05, 4.69) is 34.1 Å². The zero-order chi connectivity index (χ0) is 24.5. The topological polar surface area (TPSA) is 74.4 Å². The summed E-state index contributed by atoms with van der Waals surface area (Å²) in [7, 11) is -3.75. The van der Waals surface area contributed by atoms with E-state index in [1.807, 2.05) is 24.3 Å². The van der Waals surface area contributed by atoms with Gasteiger partial charge in [0.25, 0.3) is 0 Å². The number of aromatic amines is 1. The summed E-state index contributed by atoms with van der Waals surface area (Å²) < 4.78 is 39.3. The van der Waals surface area contributed by atoms with Gasteiger partial charge in [0, 0.05) is 11.6 Å². The average Bonchev–Trinajstić information content (AvgIpc) is 2.93. The number of pyridine rings is 1. The van der Waals surface area contributed by atoms with E-state index >= 15 is 0 Å². The van der Waals surface area contributed by atoms with Crippen LogP contribution in [0.15, 0.2) is 88.8 Å². The lowest BCUT2D eigenvalue weighted by molar-refractivity contribution is -0.914. The van der Waals surface area contributed by atoms with E-state index in [4.69, 9.17) is 9.47 Å². The molecule has 0 radical (unpaired) electrons. The normalized spacial score (nSPS) is 16.3. The molecule has 4 aromatic rings. The Morgan fingerprint density at radius 3 is 2.19 bits per heavy atom. The molecule has 2 aliphatic rings. The Morgan fingerprint density at radius 1 is 0.861 bits per heavy atom. The van der Waals surface area contributed by atoms with Gasteiger partial charge in [-0.2, -0.15) is 0 Å². The Kier molecular flexibility index (Phi) is 5.99. The van der Waals surface area contributed by atoms with Gasteiger partial charge in [0.2, 0.25) is 15.4 Å². The van der Waals surface area contributed by atoms with Gasteiger partial charge in [0.1, 0.15) is 19.8 Å². The SMILES string of the molecule is O=S(=O)(c1ccccc1)c1c[nH+]c2cc3c(cc2c1N1CC[NH+](Cc2ccccc2)CC1)OCCO3. The van der Waals surface area contributed by atoms with Crippen molar-refractivity contribution in [3.05, 3.63) is 84.6 Å². The number of nitrogens with zero attached hydrogens (tertiary/aromatic N) is 1. The maximum Gasteiger partial charge on any atom is 0.217 e. The third-order valence-corrected chi connectivity index (χ3v) is 8.74. The van der Waals surface area contributed by atoms with Crippen molar-refractivity contribution in [2.75, 3.05) is 44.3 Å². The quantitative estimate of drug-likeness (QED) is 0.452. The Bertz CT molecular complexity index is 1490. The van der Waals surface area contributed by atoms with Crippen LogP contribution in [0.3, 0.4) is 0 Å². The fourth-order valence-electron chi connectivity index (χ4n) is 5.11. The third kappa shape index (κ3) is 4.27. The predicted molar refractivity (Wildman–Crippen MR) is 136 cm³/mol. The van der Waals surface area contributed by atoms with Gasteiger partial charge in [-0.1, -0.05) is 48.5 Å². The van der Waals surface area contributed by atoms with Crippen LogP contribution in [0.1, 0.15) is 5.56 Å². The molecule has 7 nitrogen and oxygen atoms in total. The van der Waals surface area contributed by atoms with Crippen LogP contribution in [-0.4, -0.2) is 47.8 Å². The minimum atomic E-state index is -3.75. The van der Waals surface area contributed by atoms with E-state index in [-0.39, 0.29) is 9.79 Å².